The number of aryl methyl sites for hydroxylation is 1. The van der Waals surface area contributed by atoms with Crippen LogP contribution in [0.2, 0.25) is 0 Å². The number of hydrogen-bond acceptors (Lipinski definition) is 4. The molecule has 2 aromatic heterocycles. The Morgan fingerprint density at radius 2 is 2.06 bits per heavy atom. The van der Waals surface area contributed by atoms with Gasteiger partial charge in [-0.3, -0.25) is 9.78 Å². The second kappa shape index (κ2) is 5.00. The summed E-state index contributed by atoms with van der Waals surface area (Å²) in [6.07, 6.45) is 3.38. The van der Waals surface area contributed by atoms with E-state index in [1.165, 1.54) is 6.07 Å². The molecule has 0 atom stereocenters. The molecule has 2 heterocycles. The maximum Gasteiger partial charge on any atom is 0.251 e. The Bertz CT molecular complexity index is 605. The third kappa shape index (κ3) is 2.94. The molecular formula is C13H15N3O2. The van der Waals surface area contributed by atoms with E-state index >= 15 is 0 Å². The Balaban J connectivity index is 2.41. The van der Waals surface area contributed by atoms with Crippen molar-refractivity contribution < 1.29 is 4.74 Å². The molecule has 18 heavy (non-hydrogen) atoms. The van der Waals surface area contributed by atoms with Crippen LogP contribution in [0.3, 0.4) is 0 Å². The normalized spacial score (nSPS) is 10.7. The minimum atomic E-state index is -0.173. The van der Waals surface area contributed by atoms with Gasteiger partial charge in [0, 0.05) is 17.8 Å². The molecule has 0 aromatic carbocycles. The molecule has 0 aliphatic carbocycles. The van der Waals surface area contributed by atoms with E-state index in [0.29, 0.717) is 17.3 Å². The number of pyridine rings is 1. The number of rotatable bonds is 3. The zero-order chi connectivity index (χ0) is 13.1. The largest absolute Gasteiger partial charge is 0.489 e. The monoisotopic (exact) mass is 245 g/mol. The van der Waals surface area contributed by atoms with Crippen LogP contribution in [0.1, 0.15) is 19.7 Å². The van der Waals surface area contributed by atoms with Crippen LogP contribution in [0, 0.1) is 6.92 Å². The number of nitrogens with one attached hydrogen (secondary N) is 1. The first-order valence-corrected chi connectivity index (χ1v) is 5.74. The van der Waals surface area contributed by atoms with Crippen molar-refractivity contribution in [2.75, 3.05) is 0 Å². The molecule has 0 radical (unpaired) electrons. The van der Waals surface area contributed by atoms with Gasteiger partial charge in [0.1, 0.15) is 11.6 Å². The fourth-order valence-electron chi connectivity index (χ4n) is 1.62. The van der Waals surface area contributed by atoms with Crippen molar-refractivity contribution in [1.82, 2.24) is 15.0 Å². The molecular weight excluding hydrogens is 230 g/mol. The highest BCUT2D eigenvalue weighted by Gasteiger charge is 2.05. The van der Waals surface area contributed by atoms with Crippen molar-refractivity contribution in [3.8, 4) is 17.0 Å². The number of ether oxygens (including phenoxy) is 1. The van der Waals surface area contributed by atoms with Gasteiger partial charge in [-0.15, -0.1) is 0 Å². The highest BCUT2D eigenvalue weighted by atomic mass is 16.5. The average Bonchev–Trinajstić information content (AvgIpc) is 2.27. The minimum absolute atomic E-state index is 0.0796. The first-order chi connectivity index (χ1) is 8.54. The lowest BCUT2D eigenvalue weighted by Crippen LogP contribution is -2.09. The van der Waals surface area contributed by atoms with Gasteiger partial charge in [-0.1, -0.05) is 0 Å². The Labute approximate surface area is 105 Å². The highest BCUT2D eigenvalue weighted by Crippen LogP contribution is 2.20. The molecule has 0 spiro atoms. The molecule has 0 aliphatic rings. The van der Waals surface area contributed by atoms with Crippen LogP contribution in [0.4, 0.5) is 0 Å². The molecule has 5 heteroatoms. The Kier molecular flexibility index (Phi) is 3.41. The standard InChI is InChI=1S/C13H15N3O2/c1-8(2)18-11-4-10(6-14-7-11)12-5-13(17)16-9(3)15-12/h4-8H,1-3H3,(H,15,16,17). The van der Waals surface area contributed by atoms with Crippen LogP contribution in [-0.2, 0) is 0 Å². The molecule has 1 N–H and O–H groups in total. The van der Waals surface area contributed by atoms with E-state index in [9.17, 15) is 4.79 Å². The quantitative estimate of drug-likeness (QED) is 0.897. The molecule has 0 amide bonds. The minimum Gasteiger partial charge on any atom is -0.489 e. The van der Waals surface area contributed by atoms with Crippen molar-refractivity contribution in [2.45, 2.75) is 26.9 Å². The number of hydrogen-bond donors (Lipinski definition) is 1. The fourth-order valence-corrected chi connectivity index (χ4v) is 1.62. The van der Waals surface area contributed by atoms with E-state index in [2.05, 4.69) is 15.0 Å². The van der Waals surface area contributed by atoms with Crippen LogP contribution >= 0.6 is 0 Å². The van der Waals surface area contributed by atoms with Crippen LogP contribution in [0.15, 0.2) is 29.3 Å². The van der Waals surface area contributed by atoms with Crippen molar-refractivity contribution in [2.24, 2.45) is 0 Å². The lowest BCUT2D eigenvalue weighted by Gasteiger charge is -2.10. The molecule has 0 unspecified atom stereocenters. The summed E-state index contributed by atoms with van der Waals surface area (Å²) in [6.45, 7) is 5.64. The lowest BCUT2D eigenvalue weighted by molar-refractivity contribution is 0.241. The fraction of sp³-hybridized carbons (Fsp3) is 0.308. The maximum absolute atomic E-state index is 11.4. The third-order valence-corrected chi connectivity index (χ3v) is 2.24. The highest BCUT2D eigenvalue weighted by molar-refractivity contribution is 5.59. The number of aromatic amines is 1. The van der Waals surface area contributed by atoms with Crippen molar-refractivity contribution in [3.63, 3.8) is 0 Å². The van der Waals surface area contributed by atoms with Gasteiger partial charge < -0.3 is 9.72 Å². The molecule has 2 aromatic rings. The Hall–Kier alpha value is -2.17. The van der Waals surface area contributed by atoms with Crippen LogP contribution in [0.5, 0.6) is 5.75 Å². The SMILES string of the molecule is Cc1nc(-c2cncc(OC(C)C)c2)cc(=O)[nH]1. The van der Waals surface area contributed by atoms with E-state index in [1.807, 2.05) is 19.9 Å². The van der Waals surface area contributed by atoms with Gasteiger partial charge in [0.15, 0.2) is 0 Å². The van der Waals surface area contributed by atoms with Crippen molar-refractivity contribution in [1.29, 1.82) is 0 Å². The molecule has 0 saturated carbocycles. The first kappa shape index (κ1) is 12.3. The van der Waals surface area contributed by atoms with Crippen LogP contribution in [0.25, 0.3) is 11.3 Å². The van der Waals surface area contributed by atoms with Crippen LogP contribution < -0.4 is 10.3 Å². The molecule has 5 nitrogen and oxygen atoms in total. The molecule has 0 aliphatic heterocycles. The summed E-state index contributed by atoms with van der Waals surface area (Å²) in [7, 11) is 0. The van der Waals surface area contributed by atoms with Gasteiger partial charge in [-0.25, -0.2) is 4.98 Å². The first-order valence-electron chi connectivity index (χ1n) is 5.74. The van der Waals surface area contributed by atoms with Gasteiger partial charge >= 0.3 is 0 Å². The number of aromatic nitrogens is 3. The van der Waals surface area contributed by atoms with E-state index in [-0.39, 0.29) is 11.7 Å². The van der Waals surface area contributed by atoms with E-state index in [4.69, 9.17) is 4.74 Å². The lowest BCUT2D eigenvalue weighted by atomic mass is 10.2. The molecule has 0 saturated heterocycles. The van der Waals surface area contributed by atoms with Crippen molar-refractivity contribution in [3.05, 3.63) is 40.7 Å². The second-order valence-corrected chi connectivity index (χ2v) is 4.29. The molecule has 0 fully saturated rings. The Morgan fingerprint density at radius 3 is 2.72 bits per heavy atom. The Morgan fingerprint density at radius 1 is 1.28 bits per heavy atom. The summed E-state index contributed by atoms with van der Waals surface area (Å²) in [5, 5.41) is 0. The molecule has 94 valence electrons. The summed E-state index contributed by atoms with van der Waals surface area (Å²) in [4.78, 5) is 22.4. The van der Waals surface area contributed by atoms with Gasteiger partial charge in [-0.2, -0.15) is 0 Å². The molecule has 0 bridgehead atoms. The zero-order valence-corrected chi connectivity index (χ0v) is 10.6. The summed E-state index contributed by atoms with van der Waals surface area (Å²) >= 11 is 0. The van der Waals surface area contributed by atoms with Gasteiger partial charge in [0.2, 0.25) is 0 Å². The summed E-state index contributed by atoms with van der Waals surface area (Å²) in [6, 6.07) is 3.28. The average molecular weight is 245 g/mol. The third-order valence-electron chi connectivity index (χ3n) is 2.24. The zero-order valence-electron chi connectivity index (χ0n) is 10.6. The number of H-pyrrole nitrogens is 1. The smallest absolute Gasteiger partial charge is 0.251 e. The second-order valence-electron chi connectivity index (χ2n) is 4.29. The summed E-state index contributed by atoms with van der Waals surface area (Å²) < 4.78 is 5.56. The van der Waals surface area contributed by atoms with Crippen molar-refractivity contribution >= 4 is 0 Å². The van der Waals surface area contributed by atoms with E-state index in [1.54, 1.807) is 19.3 Å². The van der Waals surface area contributed by atoms with Gasteiger partial charge in [0.25, 0.3) is 5.56 Å². The van der Waals surface area contributed by atoms with Crippen LogP contribution in [-0.4, -0.2) is 21.1 Å². The predicted octanol–water partition coefficient (Wildman–Crippen LogP) is 1.93. The van der Waals surface area contributed by atoms with E-state index in [0.717, 1.165) is 5.56 Å². The van der Waals surface area contributed by atoms with Gasteiger partial charge in [-0.05, 0) is 26.8 Å². The van der Waals surface area contributed by atoms with Gasteiger partial charge in [0.05, 0.1) is 18.0 Å². The van der Waals surface area contributed by atoms with E-state index < -0.39 is 0 Å². The summed E-state index contributed by atoms with van der Waals surface area (Å²) in [5.74, 6) is 1.25. The molecule has 2 rings (SSSR count). The number of nitrogens with zero attached hydrogens (tertiary/aromatic N) is 2. The topological polar surface area (TPSA) is 67.9 Å². The predicted molar refractivity (Wildman–Crippen MR) is 68.6 cm³/mol. The summed E-state index contributed by atoms with van der Waals surface area (Å²) in [5.41, 5.74) is 1.19. The maximum atomic E-state index is 11.4.